The summed E-state index contributed by atoms with van der Waals surface area (Å²) < 4.78 is 5.13. The first kappa shape index (κ1) is 14.4. The van der Waals surface area contributed by atoms with Crippen molar-refractivity contribution < 1.29 is 19.4 Å². The Kier molecular flexibility index (Phi) is 3.27. The van der Waals surface area contributed by atoms with Crippen LogP contribution >= 0.6 is 0 Å². The topological polar surface area (TPSA) is 70.1 Å². The maximum atomic E-state index is 12.7. The maximum absolute atomic E-state index is 12.7. The van der Waals surface area contributed by atoms with Gasteiger partial charge in [-0.2, -0.15) is 0 Å². The van der Waals surface area contributed by atoms with E-state index in [4.69, 9.17) is 4.74 Å². The lowest BCUT2D eigenvalue weighted by molar-refractivity contribution is -0.122. The van der Waals surface area contributed by atoms with Gasteiger partial charge in [0, 0.05) is 29.8 Å². The molecule has 0 radical (unpaired) electrons. The molecular formula is C15H20N2O4. The van der Waals surface area contributed by atoms with Crippen LogP contribution in [0.1, 0.15) is 6.92 Å². The number of rotatable bonds is 1. The summed E-state index contributed by atoms with van der Waals surface area (Å²) >= 11 is 0. The Morgan fingerprint density at radius 2 is 1.81 bits per heavy atom. The van der Waals surface area contributed by atoms with Crippen molar-refractivity contribution in [2.75, 3.05) is 34.3 Å². The van der Waals surface area contributed by atoms with Gasteiger partial charge in [-0.05, 0) is 21.0 Å². The summed E-state index contributed by atoms with van der Waals surface area (Å²) in [7, 11) is 5.25. The van der Waals surface area contributed by atoms with Crippen LogP contribution in [0.4, 0.5) is 0 Å². The molecule has 2 heterocycles. The van der Waals surface area contributed by atoms with E-state index in [1.54, 1.807) is 6.92 Å². The number of nitrogens with zero attached hydrogens (tertiary/aromatic N) is 2. The number of methoxy groups -OCH3 is 1. The lowest BCUT2D eigenvalue weighted by Gasteiger charge is -2.51. The Hall–Kier alpha value is -1.50. The fraction of sp³-hybridized carbons (Fsp3) is 0.600. The predicted molar refractivity (Wildman–Crippen MR) is 75.6 cm³/mol. The molecule has 3 rings (SSSR count). The summed E-state index contributed by atoms with van der Waals surface area (Å²) in [5, 5.41) is 10.6. The van der Waals surface area contributed by atoms with E-state index in [1.807, 2.05) is 19.0 Å². The highest BCUT2D eigenvalue weighted by Gasteiger charge is 2.50. The van der Waals surface area contributed by atoms with Crippen LogP contribution < -0.4 is 0 Å². The van der Waals surface area contributed by atoms with Gasteiger partial charge in [-0.25, -0.2) is 0 Å². The number of aliphatic hydroxyl groups is 1. The molecular weight excluding hydrogens is 272 g/mol. The molecule has 0 unspecified atom stereocenters. The van der Waals surface area contributed by atoms with Gasteiger partial charge in [0.2, 0.25) is 5.78 Å². The number of fused-ring (bicyclic) bond motifs is 3. The third-order valence-electron chi connectivity index (χ3n) is 4.86. The Bertz CT molecular complexity index is 592. The largest absolute Gasteiger partial charge is 0.492 e. The van der Waals surface area contributed by atoms with Gasteiger partial charge < -0.3 is 14.7 Å². The zero-order chi connectivity index (χ0) is 15.5. The van der Waals surface area contributed by atoms with Gasteiger partial charge in [-0.15, -0.1) is 0 Å². The molecule has 2 aliphatic heterocycles. The molecule has 1 N–H and O–H groups in total. The van der Waals surface area contributed by atoms with E-state index in [0.717, 1.165) is 0 Å². The molecule has 6 heteroatoms. The number of ether oxygens (including phenoxy) is 1. The van der Waals surface area contributed by atoms with E-state index >= 15 is 0 Å². The Labute approximate surface area is 123 Å². The molecule has 6 nitrogen and oxygen atoms in total. The van der Waals surface area contributed by atoms with Crippen LogP contribution in [0.25, 0.3) is 0 Å². The fourth-order valence-electron chi connectivity index (χ4n) is 3.70. The second-order valence-corrected chi connectivity index (χ2v) is 6.06. The van der Waals surface area contributed by atoms with Gasteiger partial charge in [-0.3, -0.25) is 14.5 Å². The molecule has 0 aromatic rings. The minimum atomic E-state index is -0.936. The van der Waals surface area contributed by atoms with E-state index in [2.05, 4.69) is 4.90 Å². The second-order valence-electron chi connectivity index (χ2n) is 6.06. The Morgan fingerprint density at radius 1 is 1.14 bits per heavy atom. The summed E-state index contributed by atoms with van der Waals surface area (Å²) in [4.78, 5) is 29.3. The third kappa shape index (κ3) is 1.83. The highest BCUT2D eigenvalue weighted by Crippen LogP contribution is 2.38. The van der Waals surface area contributed by atoms with Crippen molar-refractivity contribution in [2.45, 2.75) is 25.1 Å². The second kappa shape index (κ2) is 4.76. The zero-order valence-electron chi connectivity index (χ0n) is 12.7. The number of aliphatic hydroxyl groups excluding tert-OH is 1. The molecule has 3 atom stereocenters. The fourth-order valence-corrected chi connectivity index (χ4v) is 3.70. The number of hydrogen-bond donors (Lipinski definition) is 1. The normalized spacial score (nSPS) is 34.4. The summed E-state index contributed by atoms with van der Waals surface area (Å²) in [6.07, 6.45) is -0.936. The van der Waals surface area contributed by atoms with Gasteiger partial charge in [-0.1, -0.05) is 0 Å². The molecule has 114 valence electrons. The molecule has 1 saturated heterocycles. The van der Waals surface area contributed by atoms with Crippen LogP contribution in [0.5, 0.6) is 0 Å². The number of piperazine rings is 1. The quantitative estimate of drug-likeness (QED) is 0.647. The highest BCUT2D eigenvalue weighted by atomic mass is 16.5. The molecule has 0 amide bonds. The van der Waals surface area contributed by atoms with Crippen molar-refractivity contribution in [2.24, 2.45) is 0 Å². The summed E-state index contributed by atoms with van der Waals surface area (Å²) in [6.45, 7) is 2.91. The monoisotopic (exact) mass is 292 g/mol. The lowest BCUT2D eigenvalue weighted by atomic mass is 9.75. The molecule has 1 fully saturated rings. The summed E-state index contributed by atoms with van der Waals surface area (Å²) in [5.74, 6) is -0.429. The standard InChI is InChI=1S/C15H20N2O4/c1-7-12(18)11-10(14(20)15(7)21-4)8-5-16(2)6-9(13(11)19)17(8)3/h8-9,13,19H,5-6H2,1-4H3/t8-,9+,13+/m0/s1. The molecule has 0 spiro atoms. The lowest BCUT2D eigenvalue weighted by Crippen LogP contribution is -2.65. The molecule has 21 heavy (non-hydrogen) atoms. The number of carbonyl (C=O) groups is 2. The average molecular weight is 292 g/mol. The smallest absolute Gasteiger partial charge is 0.226 e. The van der Waals surface area contributed by atoms with Crippen LogP contribution in [-0.2, 0) is 14.3 Å². The van der Waals surface area contributed by atoms with Gasteiger partial charge in [0.15, 0.2) is 11.5 Å². The molecule has 3 aliphatic rings. The van der Waals surface area contributed by atoms with Crippen LogP contribution in [0.2, 0.25) is 0 Å². The maximum Gasteiger partial charge on any atom is 0.226 e. The van der Waals surface area contributed by atoms with E-state index in [0.29, 0.717) is 18.7 Å². The SMILES string of the molecule is COC1=C(C)C(=O)C2=C(C1=O)[C@@H]1CN(C)C[C@H]([C@H]2O)N1C. The Balaban J connectivity index is 2.17. The third-order valence-corrected chi connectivity index (χ3v) is 4.86. The molecule has 2 bridgehead atoms. The van der Waals surface area contributed by atoms with Crippen LogP contribution in [0.3, 0.4) is 0 Å². The number of ketones is 2. The summed E-state index contributed by atoms with van der Waals surface area (Å²) in [6, 6.07) is -0.344. The van der Waals surface area contributed by atoms with Gasteiger partial charge in [0.25, 0.3) is 0 Å². The van der Waals surface area contributed by atoms with Crippen LogP contribution in [-0.4, -0.2) is 79.0 Å². The van der Waals surface area contributed by atoms with Crippen molar-refractivity contribution in [1.29, 1.82) is 0 Å². The van der Waals surface area contributed by atoms with Crippen molar-refractivity contribution in [1.82, 2.24) is 9.80 Å². The number of likely N-dealkylation sites (N-methyl/N-ethyl adjacent to an activating group) is 2. The minimum Gasteiger partial charge on any atom is -0.492 e. The predicted octanol–water partition coefficient (Wildman–Crippen LogP) is -0.656. The van der Waals surface area contributed by atoms with Crippen molar-refractivity contribution in [3.05, 3.63) is 22.5 Å². The van der Waals surface area contributed by atoms with Crippen molar-refractivity contribution in [3.63, 3.8) is 0 Å². The average Bonchev–Trinajstić information content (AvgIpc) is 2.43. The van der Waals surface area contributed by atoms with E-state index in [9.17, 15) is 14.7 Å². The van der Waals surface area contributed by atoms with Crippen LogP contribution in [0, 0.1) is 0 Å². The minimum absolute atomic E-state index is 0.103. The first-order valence-electron chi connectivity index (χ1n) is 7.05. The van der Waals surface area contributed by atoms with Crippen LogP contribution in [0.15, 0.2) is 22.5 Å². The van der Waals surface area contributed by atoms with Crippen molar-refractivity contribution >= 4 is 11.6 Å². The Morgan fingerprint density at radius 3 is 2.43 bits per heavy atom. The number of allylic oxidation sites excluding steroid dienone is 2. The molecule has 0 aromatic heterocycles. The number of hydrogen-bond acceptors (Lipinski definition) is 6. The van der Waals surface area contributed by atoms with Gasteiger partial charge in [0.05, 0.1) is 25.3 Å². The number of carbonyl (C=O) groups excluding carboxylic acids is 2. The first-order valence-corrected chi connectivity index (χ1v) is 7.05. The molecule has 0 saturated carbocycles. The summed E-state index contributed by atoms with van der Waals surface area (Å²) in [5.41, 5.74) is 0.969. The number of Topliss-reactive ketones (excluding diaryl/α,β-unsaturated/α-hetero) is 2. The molecule has 0 aromatic carbocycles. The first-order chi connectivity index (χ1) is 9.88. The molecule has 1 aliphatic carbocycles. The van der Waals surface area contributed by atoms with E-state index in [1.165, 1.54) is 7.11 Å². The van der Waals surface area contributed by atoms with Crippen molar-refractivity contribution in [3.8, 4) is 0 Å². The van der Waals surface area contributed by atoms with Gasteiger partial charge >= 0.3 is 0 Å². The zero-order valence-corrected chi connectivity index (χ0v) is 12.7. The van der Waals surface area contributed by atoms with E-state index < -0.39 is 6.10 Å². The highest BCUT2D eigenvalue weighted by molar-refractivity contribution is 6.25. The van der Waals surface area contributed by atoms with Gasteiger partial charge in [0.1, 0.15) is 0 Å². The van der Waals surface area contributed by atoms with E-state index in [-0.39, 0.29) is 40.6 Å².